The lowest BCUT2D eigenvalue weighted by molar-refractivity contribution is 0.0600. The van der Waals surface area contributed by atoms with E-state index in [0.717, 1.165) is 32.6 Å². The van der Waals surface area contributed by atoms with Gasteiger partial charge in [-0.2, -0.15) is 0 Å². The number of hydrogen-bond acceptors (Lipinski definition) is 4. The van der Waals surface area contributed by atoms with Gasteiger partial charge >= 0.3 is 5.97 Å². The molecule has 0 saturated heterocycles. The third-order valence-corrected chi connectivity index (χ3v) is 3.66. The smallest absolute Gasteiger partial charge is 0.339 e. The zero-order valence-electron chi connectivity index (χ0n) is 11.3. The van der Waals surface area contributed by atoms with Gasteiger partial charge in [-0.05, 0) is 29.7 Å². The summed E-state index contributed by atoms with van der Waals surface area (Å²) >= 11 is 0. The van der Waals surface area contributed by atoms with Crippen LogP contribution < -0.4 is 0 Å². The molecule has 4 nitrogen and oxygen atoms in total. The van der Waals surface area contributed by atoms with Crippen LogP contribution in [0.2, 0.25) is 0 Å². The van der Waals surface area contributed by atoms with E-state index >= 15 is 0 Å². The summed E-state index contributed by atoms with van der Waals surface area (Å²) in [5.74, 6) is -0.380. The van der Waals surface area contributed by atoms with Gasteiger partial charge in [0.25, 0.3) is 0 Å². The van der Waals surface area contributed by atoms with Crippen LogP contribution in [0.3, 0.4) is 0 Å². The molecule has 0 saturated carbocycles. The van der Waals surface area contributed by atoms with Crippen LogP contribution in [0.5, 0.6) is 0 Å². The summed E-state index contributed by atoms with van der Waals surface area (Å²) in [5.41, 5.74) is 2.17. The number of ether oxygens (including phenoxy) is 1. The first-order chi connectivity index (χ1) is 10.3. The molecule has 0 spiro atoms. The SMILES string of the molecule is COC(=O)c1cnc2c(ccc3cc4occc4cc32)c1. The quantitative estimate of drug-likeness (QED) is 0.391. The van der Waals surface area contributed by atoms with Crippen molar-refractivity contribution >= 4 is 38.6 Å². The summed E-state index contributed by atoms with van der Waals surface area (Å²) < 4.78 is 10.2. The second kappa shape index (κ2) is 4.31. The Hall–Kier alpha value is -2.88. The van der Waals surface area contributed by atoms with Crippen molar-refractivity contribution in [3.05, 3.63) is 54.4 Å². The average Bonchev–Trinajstić information content (AvgIpc) is 2.98. The van der Waals surface area contributed by atoms with Crippen molar-refractivity contribution in [2.24, 2.45) is 0 Å². The maximum atomic E-state index is 11.6. The van der Waals surface area contributed by atoms with E-state index in [-0.39, 0.29) is 5.97 Å². The number of rotatable bonds is 1. The van der Waals surface area contributed by atoms with Gasteiger partial charge in [0.1, 0.15) is 5.58 Å². The molecule has 0 aliphatic heterocycles. The van der Waals surface area contributed by atoms with E-state index in [9.17, 15) is 4.79 Å². The molecule has 0 aliphatic carbocycles. The molecule has 0 unspecified atom stereocenters. The van der Waals surface area contributed by atoms with Gasteiger partial charge in [-0.25, -0.2) is 4.79 Å². The van der Waals surface area contributed by atoms with Crippen molar-refractivity contribution in [1.29, 1.82) is 0 Å². The fraction of sp³-hybridized carbons (Fsp3) is 0.0588. The summed E-state index contributed by atoms with van der Waals surface area (Å²) in [4.78, 5) is 16.0. The minimum Gasteiger partial charge on any atom is -0.465 e. The summed E-state index contributed by atoms with van der Waals surface area (Å²) in [7, 11) is 1.36. The first-order valence-electron chi connectivity index (χ1n) is 6.54. The number of methoxy groups -OCH3 is 1. The van der Waals surface area contributed by atoms with Crippen molar-refractivity contribution in [3.63, 3.8) is 0 Å². The Morgan fingerprint density at radius 3 is 2.81 bits per heavy atom. The molecular formula is C17H11NO3. The van der Waals surface area contributed by atoms with E-state index in [2.05, 4.69) is 11.1 Å². The maximum Gasteiger partial charge on any atom is 0.339 e. The van der Waals surface area contributed by atoms with Crippen molar-refractivity contribution in [3.8, 4) is 0 Å². The zero-order chi connectivity index (χ0) is 14.4. The van der Waals surface area contributed by atoms with Crippen LogP contribution >= 0.6 is 0 Å². The van der Waals surface area contributed by atoms with Gasteiger partial charge in [-0.1, -0.05) is 12.1 Å². The van der Waals surface area contributed by atoms with Gasteiger partial charge in [0.15, 0.2) is 0 Å². The number of carbonyl (C=O) groups excluding carboxylic acids is 1. The van der Waals surface area contributed by atoms with Gasteiger partial charge in [-0.3, -0.25) is 4.98 Å². The Balaban J connectivity index is 2.06. The number of esters is 1. The zero-order valence-corrected chi connectivity index (χ0v) is 11.3. The lowest BCUT2D eigenvalue weighted by Crippen LogP contribution is -2.01. The van der Waals surface area contributed by atoms with E-state index in [1.165, 1.54) is 7.11 Å². The normalized spacial score (nSPS) is 11.3. The largest absolute Gasteiger partial charge is 0.465 e. The average molecular weight is 277 g/mol. The molecule has 0 radical (unpaired) electrons. The molecule has 0 fully saturated rings. The number of aromatic nitrogens is 1. The van der Waals surface area contributed by atoms with Crippen molar-refractivity contribution < 1.29 is 13.9 Å². The van der Waals surface area contributed by atoms with Gasteiger partial charge in [0.2, 0.25) is 0 Å². The highest BCUT2D eigenvalue weighted by Gasteiger charge is 2.10. The summed E-state index contributed by atoms with van der Waals surface area (Å²) in [6.07, 6.45) is 3.22. The molecule has 4 heteroatoms. The molecule has 0 N–H and O–H groups in total. The summed E-state index contributed by atoms with van der Waals surface area (Å²) in [5, 5.41) is 4.04. The topological polar surface area (TPSA) is 52.3 Å². The number of nitrogens with zero attached hydrogens (tertiary/aromatic N) is 1. The molecular weight excluding hydrogens is 266 g/mol. The molecule has 4 rings (SSSR count). The van der Waals surface area contributed by atoms with Crippen LogP contribution in [0, 0.1) is 0 Å². The molecule has 2 aromatic heterocycles. The Bertz CT molecular complexity index is 1000. The minimum absolute atomic E-state index is 0.380. The number of fused-ring (bicyclic) bond motifs is 4. The molecule has 0 aliphatic rings. The molecule has 0 atom stereocenters. The Morgan fingerprint density at radius 2 is 1.95 bits per heavy atom. The highest BCUT2D eigenvalue weighted by Crippen LogP contribution is 2.29. The second-order valence-corrected chi connectivity index (χ2v) is 4.88. The molecule has 4 aromatic rings. The van der Waals surface area contributed by atoms with Gasteiger partial charge in [0.05, 0.1) is 24.5 Å². The Labute approximate surface area is 119 Å². The predicted octanol–water partition coefficient (Wildman–Crippen LogP) is 3.92. The predicted molar refractivity (Wildman–Crippen MR) is 80.4 cm³/mol. The number of benzene rings is 2. The fourth-order valence-electron chi connectivity index (χ4n) is 2.61. The number of pyridine rings is 1. The maximum absolute atomic E-state index is 11.6. The highest BCUT2D eigenvalue weighted by atomic mass is 16.5. The lowest BCUT2D eigenvalue weighted by Gasteiger charge is -2.05. The molecule has 0 bridgehead atoms. The molecule has 102 valence electrons. The van der Waals surface area contributed by atoms with Crippen LogP contribution in [-0.2, 0) is 4.74 Å². The Morgan fingerprint density at radius 1 is 1.10 bits per heavy atom. The van der Waals surface area contributed by atoms with E-state index in [4.69, 9.17) is 9.15 Å². The first kappa shape index (κ1) is 11.9. The van der Waals surface area contributed by atoms with Crippen LogP contribution in [-0.4, -0.2) is 18.1 Å². The molecule has 21 heavy (non-hydrogen) atoms. The second-order valence-electron chi connectivity index (χ2n) is 4.88. The van der Waals surface area contributed by atoms with Gasteiger partial charge < -0.3 is 9.15 Å². The van der Waals surface area contributed by atoms with E-state index in [0.29, 0.717) is 5.56 Å². The van der Waals surface area contributed by atoms with Crippen molar-refractivity contribution in [1.82, 2.24) is 4.98 Å². The third-order valence-electron chi connectivity index (χ3n) is 3.66. The van der Waals surface area contributed by atoms with Crippen molar-refractivity contribution in [2.45, 2.75) is 0 Å². The molecule has 2 heterocycles. The third kappa shape index (κ3) is 1.76. The van der Waals surface area contributed by atoms with Gasteiger partial charge in [-0.15, -0.1) is 0 Å². The van der Waals surface area contributed by atoms with Crippen LogP contribution in [0.1, 0.15) is 10.4 Å². The van der Waals surface area contributed by atoms with E-state index in [1.54, 1.807) is 18.5 Å². The lowest BCUT2D eigenvalue weighted by atomic mass is 10.0. The van der Waals surface area contributed by atoms with Crippen LogP contribution in [0.4, 0.5) is 0 Å². The number of hydrogen-bond donors (Lipinski definition) is 0. The van der Waals surface area contributed by atoms with E-state index in [1.807, 2.05) is 24.3 Å². The fourth-order valence-corrected chi connectivity index (χ4v) is 2.61. The van der Waals surface area contributed by atoms with Crippen molar-refractivity contribution in [2.75, 3.05) is 7.11 Å². The molecule has 0 amide bonds. The Kier molecular flexibility index (Phi) is 2.44. The summed E-state index contributed by atoms with van der Waals surface area (Å²) in [6.45, 7) is 0. The monoisotopic (exact) mass is 277 g/mol. The van der Waals surface area contributed by atoms with Crippen LogP contribution in [0.15, 0.2) is 53.3 Å². The van der Waals surface area contributed by atoms with Crippen LogP contribution in [0.25, 0.3) is 32.6 Å². The minimum atomic E-state index is -0.380. The standard InChI is InChI=1S/C17H11NO3/c1-20-17(19)13-6-12-3-2-10-8-15-11(4-5-21-15)7-14(10)16(12)18-9-13/h2-9H,1H3. The first-order valence-corrected chi connectivity index (χ1v) is 6.54. The van der Waals surface area contributed by atoms with Gasteiger partial charge in [0, 0.05) is 22.4 Å². The number of carbonyl (C=O) groups is 1. The van der Waals surface area contributed by atoms with E-state index < -0.39 is 0 Å². The highest BCUT2D eigenvalue weighted by molar-refractivity contribution is 6.10. The number of furan rings is 1. The molecule has 2 aromatic carbocycles. The summed E-state index contributed by atoms with van der Waals surface area (Å²) in [6, 6.07) is 11.7.